The first-order valence-electron chi connectivity index (χ1n) is 6.80. The maximum atomic E-state index is 10.7. The van der Waals surface area contributed by atoms with Gasteiger partial charge in [0.25, 0.3) is 0 Å². The molecule has 0 radical (unpaired) electrons. The van der Waals surface area contributed by atoms with Crippen LogP contribution in [-0.2, 0) is 6.42 Å². The van der Waals surface area contributed by atoms with Gasteiger partial charge >= 0.3 is 0 Å². The highest BCUT2D eigenvalue weighted by Crippen LogP contribution is 2.37. The van der Waals surface area contributed by atoms with Crippen molar-refractivity contribution in [2.45, 2.75) is 32.0 Å². The van der Waals surface area contributed by atoms with Crippen molar-refractivity contribution in [1.29, 1.82) is 0 Å². The average molecular weight is 415 g/mol. The number of hydrogen-bond donors (Lipinski definition) is 1. The molecule has 110 valence electrons. The molecule has 0 amide bonds. The van der Waals surface area contributed by atoms with E-state index < -0.39 is 6.10 Å². The number of rotatable bonds is 2. The average Bonchev–Trinajstić information content (AvgIpc) is 2.73. The van der Waals surface area contributed by atoms with E-state index in [2.05, 4.69) is 36.4 Å². The van der Waals surface area contributed by atoms with E-state index in [1.54, 1.807) is 0 Å². The van der Waals surface area contributed by atoms with Crippen LogP contribution in [0.3, 0.4) is 0 Å². The number of halogens is 2. The van der Waals surface area contributed by atoms with Gasteiger partial charge in [-0.25, -0.2) is 0 Å². The molecule has 0 spiro atoms. The lowest BCUT2D eigenvalue weighted by Gasteiger charge is -2.16. The van der Waals surface area contributed by atoms with Crippen LogP contribution in [-0.4, -0.2) is 10.7 Å². The molecule has 0 saturated carbocycles. The van der Waals surface area contributed by atoms with Gasteiger partial charge in [0.15, 0.2) is 0 Å². The largest absolute Gasteiger partial charge is 0.487 e. The second-order valence-corrected chi connectivity index (χ2v) is 7.57. The Bertz CT molecular complexity index is 697. The second-order valence-electron chi connectivity index (χ2n) is 5.97. The van der Waals surface area contributed by atoms with Gasteiger partial charge in [0, 0.05) is 15.0 Å². The Labute approximate surface area is 143 Å². The molecule has 0 bridgehead atoms. The van der Waals surface area contributed by atoms with E-state index >= 15 is 0 Å². The predicted octanol–water partition coefficient (Wildman–Crippen LogP) is 4.74. The fourth-order valence-corrected chi connectivity index (χ4v) is 3.51. The fraction of sp³-hybridized carbons (Fsp3) is 0.294. The van der Waals surface area contributed by atoms with Gasteiger partial charge in [0.2, 0.25) is 0 Å². The molecule has 1 N–H and O–H groups in total. The Morgan fingerprint density at radius 1 is 1.24 bits per heavy atom. The minimum absolute atomic E-state index is 0.170. The molecule has 21 heavy (non-hydrogen) atoms. The molecule has 0 fully saturated rings. The Balaban J connectivity index is 1.97. The Hall–Kier alpha value is -0.780. The van der Waals surface area contributed by atoms with Crippen LogP contribution >= 0.6 is 34.2 Å². The van der Waals surface area contributed by atoms with Crippen LogP contribution < -0.4 is 4.74 Å². The van der Waals surface area contributed by atoms with Gasteiger partial charge in [0.05, 0.1) is 0 Å². The normalized spacial score (nSPS) is 17.2. The molecule has 1 aliphatic heterocycles. The maximum absolute atomic E-state index is 10.7. The van der Waals surface area contributed by atoms with Gasteiger partial charge in [-0.2, -0.15) is 0 Å². The summed E-state index contributed by atoms with van der Waals surface area (Å²) in [4.78, 5) is 0. The SMILES string of the molecule is CC1(C)Cc2cc(C(O)c3cc(Cl)ccc3I)ccc2O1. The van der Waals surface area contributed by atoms with Crippen molar-refractivity contribution in [2.24, 2.45) is 0 Å². The van der Waals surface area contributed by atoms with E-state index in [0.29, 0.717) is 5.02 Å². The molecular formula is C17H16ClIO2. The zero-order chi connectivity index (χ0) is 15.2. The Kier molecular flexibility index (Phi) is 3.93. The van der Waals surface area contributed by atoms with Crippen LogP contribution in [0.4, 0.5) is 0 Å². The van der Waals surface area contributed by atoms with Crippen LogP contribution in [0.2, 0.25) is 5.02 Å². The molecule has 1 aliphatic rings. The second kappa shape index (κ2) is 5.45. The van der Waals surface area contributed by atoms with Crippen molar-refractivity contribution in [3.05, 3.63) is 61.7 Å². The number of fused-ring (bicyclic) bond motifs is 1. The van der Waals surface area contributed by atoms with Crippen LogP contribution in [0.5, 0.6) is 5.75 Å². The molecule has 2 aromatic rings. The van der Waals surface area contributed by atoms with Gasteiger partial charge < -0.3 is 9.84 Å². The lowest BCUT2D eigenvalue weighted by molar-refractivity contribution is 0.138. The standard InChI is InChI=1S/C17H16ClIO2/c1-17(2)9-11-7-10(3-6-15(11)21-17)16(20)13-8-12(18)4-5-14(13)19/h3-8,16,20H,9H2,1-2H3. The van der Waals surface area contributed by atoms with Crippen molar-refractivity contribution in [3.63, 3.8) is 0 Å². The third-order valence-corrected chi connectivity index (χ3v) is 4.87. The van der Waals surface area contributed by atoms with E-state index in [9.17, 15) is 5.11 Å². The van der Waals surface area contributed by atoms with Crippen LogP contribution in [0.15, 0.2) is 36.4 Å². The summed E-state index contributed by atoms with van der Waals surface area (Å²) in [7, 11) is 0. The van der Waals surface area contributed by atoms with Crippen molar-refractivity contribution in [1.82, 2.24) is 0 Å². The minimum Gasteiger partial charge on any atom is -0.487 e. The summed E-state index contributed by atoms with van der Waals surface area (Å²) < 4.78 is 6.87. The zero-order valence-corrected chi connectivity index (χ0v) is 14.8. The monoisotopic (exact) mass is 414 g/mol. The maximum Gasteiger partial charge on any atom is 0.123 e. The van der Waals surface area contributed by atoms with Crippen LogP contribution in [0.25, 0.3) is 0 Å². The molecule has 1 unspecified atom stereocenters. The number of aliphatic hydroxyl groups excluding tert-OH is 1. The molecular weight excluding hydrogens is 399 g/mol. The first kappa shape index (κ1) is 15.1. The first-order chi connectivity index (χ1) is 9.85. The molecule has 4 heteroatoms. The fourth-order valence-electron chi connectivity index (χ4n) is 2.70. The topological polar surface area (TPSA) is 29.5 Å². The number of hydrogen-bond acceptors (Lipinski definition) is 2. The van der Waals surface area contributed by atoms with E-state index in [4.69, 9.17) is 16.3 Å². The van der Waals surface area contributed by atoms with Crippen LogP contribution in [0.1, 0.15) is 36.6 Å². The van der Waals surface area contributed by atoms with E-state index in [1.165, 1.54) is 0 Å². The van der Waals surface area contributed by atoms with Gasteiger partial charge in [-0.1, -0.05) is 17.7 Å². The molecule has 0 aromatic heterocycles. The quantitative estimate of drug-likeness (QED) is 0.719. The van der Waals surface area contributed by atoms with Crippen LogP contribution in [0, 0.1) is 3.57 Å². The van der Waals surface area contributed by atoms with Crippen molar-refractivity contribution < 1.29 is 9.84 Å². The van der Waals surface area contributed by atoms with Gasteiger partial charge in [-0.05, 0) is 83.5 Å². The van der Waals surface area contributed by atoms with Crippen molar-refractivity contribution >= 4 is 34.2 Å². The minimum atomic E-state index is -0.676. The summed E-state index contributed by atoms with van der Waals surface area (Å²) in [5, 5.41) is 11.3. The number of aliphatic hydroxyl groups is 1. The highest BCUT2D eigenvalue weighted by molar-refractivity contribution is 14.1. The Morgan fingerprint density at radius 2 is 2.00 bits per heavy atom. The van der Waals surface area contributed by atoms with Gasteiger partial charge in [-0.3, -0.25) is 0 Å². The summed E-state index contributed by atoms with van der Waals surface area (Å²) in [5.41, 5.74) is 2.68. The highest BCUT2D eigenvalue weighted by Gasteiger charge is 2.30. The van der Waals surface area contributed by atoms with E-state index in [0.717, 1.165) is 32.4 Å². The van der Waals surface area contributed by atoms with E-state index in [-0.39, 0.29) is 5.60 Å². The summed E-state index contributed by atoms with van der Waals surface area (Å²) in [6, 6.07) is 11.5. The molecule has 1 atom stereocenters. The van der Waals surface area contributed by atoms with Gasteiger partial charge in [-0.15, -0.1) is 0 Å². The zero-order valence-electron chi connectivity index (χ0n) is 11.9. The predicted molar refractivity (Wildman–Crippen MR) is 93.1 cm³/mol. The number of benzene rings is 2. The number of ether oxygens (including phenoxy) is 1. The summed E-state index contributed by atoms with van der Waals surface area (Å²) >= 11 is 8.26. The smallest absolute Gasteiger partial charge is 0.123 e. The van der Waals surface area contributed by atoms with Gasteiger partial charge in [0.1, 0.15) is 17.5 Å². The first-order valence-corrected chi connectivity index (χ1v) is 8.26. The van der Waals surface area contributed by atoms with Crippen molar-refractivity contribution in [3.8, 4) is 5.75 Å². The van der Waals surface area contributed by atoms with E-state index in [1.807, 2.05) is 36.4 Å². The molecule has 2 nitrogen and oxygen atoms in total. The molecule has 0 aliphatic carbocycles. The third kappa shape index (κ3) is 3.05. The lowest BCUT2D eigenvalue weighted by Crippen LogP contribution is -2.24. The Morgan fingerprint density at radius 3 is 2.76 bits per heavy atom. The highest BCUT2D eigenvalue weighted by atomic mass is 127. The third-order valence-electron chi connectivity index (χ3n) is 3.66. The molecule has 0 saturated heterocycles. The summed E-state index contributed by atoms with van der Waals surface area (Å²) in [6.45, 7) is 4.14. The lowest BCUT2D eigenvalue weighted by atomic mass is 9.96. The molecule has 1 heterocycles. The summed E-state index contributed by atoms with van der Waals surface area (Å²) in [5.74, 6) is 0.914. The molecule has 2 aromatic carbocycles. The summed E-state index contributed by atoms with van der Waals surface area (Å²) in [6.07, 6.45) is 0.180. The molecule has 3 rings (SSSR count). The van der Waals surface area contributed by atoms with Crippen molar-refractivity contribution in [2.75, 3.05) is 0 Å².